The van der Waals surface area contributed by atoms with Gasteiger partial charge in [-0.25, -0.2) is 4.98 Å². The number of amides is 1. The number of aromatic nitrogens is 2. The number of hydrogen-bond donors (Lipinski definition) is 2. The molecule has 1 saturated heterocycles. The number of methoxy groups -OCH3 is 2. The van der Waals surface area contributed by atoms with Crippen LogP contribution in [0.5, 0.6) is 11.5 Å². The lowest BCUT2D eigenvalue weighted by molar-refractivity contribution is -0.117. The number of ether oxygens (including phenoxy) is 3. The molecule has 0 radical (unpaired) electrons. The van der Waals surface area contributed by atoms with E-state index in [0.717, 1.165) is 5.56 Å². The minimum Gasteiger partial charge on any atom is -0.495 e. The van der Waals surface area contributed by atoms with Crippen LogP contribution in [0.15, 0.2) is 24.4 Å². The average molecular weight is 611 g/mol. The van der Waals surface area contributed by atoms with E-state index >= 15 is 0 Å². The summed E-state index contributed by atoms with van der Waals surface area (Å²) in [5, 5.41) is 7.42. The van der Waals surface area contributed by atoms with Crippen molar-refractivity contribution in [1.29, 1.82) is 0 Å². The van der Waals surface area contributed by atoms with Gasteiger partial charge >= 0.3 is 0 Å². The molecule has 1 aromatic carbocycles. The molecule has 0 saturated carbocycles. The fourth-order valence-corrected chi connectivity index (χ4v) is 5.54. The Labute approximate surface area is 249 Å². The van der Waals surface area contributed by atoms with E-state index in [4.69, 9.17) is 54.6 Å². The maximum atomic E-state index is 12.4. The van der Waals surface area contributed by atoms with Gasteiger partial charge in [0.1, 0.15) is 27.4 Å². The van der Waals surface area contributed by atoms with Crippen LogP contribution in [-0.4, -0.2) is 92.6 Å². The van der Waals surface area contributed by atoms with E-state index < -0.39 is 0 Å². The van der Waals surface area contributed by atoms with Crippen molar-refractivity contribution < 1.29 is 19.0 Å². The zero-order valence-corrected chi connectivity index (χ0v) is 25.4. The summed E-state index contributed by atoms with van der Waals surface area (Å²) in [5.41, 5.74) is 1.31. The van der Waals surface area contributed by atoms with Crippen LogP contribution in [0.1, 0.15) is 12.5 Å². The van der Waals surface area contributed by atoms with Crippen LogP contribution in [0.4, 0.5) is 17.5 Å². The van der Waals surface area contributed by atoms with Crippen molar-refractivity contribution in [2.45, 2.75) is 25.6 Å². The maximum absolute atomic E-state index is 12.4. The fourth-order valence-electron chi connectivity index (χ4n) is 4.46. The summed E-state index contributed by atoms with van der Waals surface area (Å²) in [6.45, 7) is 4.33. The Morgan fingerprint density at radius 2 is 1.90 bits per heavy atom. The van der Waals surface area contributed by atoms with Gasteiger partial charge in [0.05, 0.1) is 51.7 Å². The van der Waals surface area contributed by atoms with Crippen molar-refractivity contribution in [1.82, 2.24) is 20.2 Å². The number of hydrogen-bond acceptors (Lipinski definition) is 9. The Balaban J connectivity index is 1.56. The lowest BCUT2D eigenvalue weighted by atomic mass is 10.1. The number of fused-ring (bicyclic) bond motifs is 1. The number of carbonyl (C=O) groups is 1. The predicted molar refractivity (Wildman–Crippen MR) is 161 cm³/mol. The number of nitrogens with one attached hydrogen (secondary N) is 2. The van der Waals surface area contributed by atoms with Crippen LogP contribution in [0, 0.1) is 0 Å². The molecule has 1 aromatic heterocycles. The van der Waals surface area contributed by atoms with E-state index in [1.165, 1.54) is 20.3 Å². The number of halogens is 2. The van der Waals surface area contributed by atoms with Gasteiger partial charge in [0.25, 0.3) is 0 Å². The van der Waals surface area contributed by atoms with Gasteiger partial charge in [-0.15, -0.1) is 0 Å². The Hall–Kier alpha value is -2.90. The summed E-state index contributed by atoms with van der Waals surface area (Å²) >= 11 is 19.3. The number of carbonyl (C=O) groups excluding carboxylic acids is 1. The number of thiocarbonyl (C=S) groups is 1. The number of anilines is 3. The zero-order chi connectivity index (χ0) is 29.0. The van der Waals surface area contributed by atoms with Crippen LogP contribution >= 0.6 is 35.4 Å². The lowest BCUT2D eigenvalue weighted by Gasteiger charge is -2.39. The second-order valence-electron chi connectivity index (χ2n) is 9.48. The monoisotopic (exact) mass is 609 g/mol. The van der Waals surface area contributed by atoms with E-state index in [9.17, 15) is 4.79 Å². The van der Waals surface area contributed by atoms with Crippen LogP contribution in [0.25, 0.3) is 0 Å². The molecule has 3 heterocycles. The second kappa shape index (κ2) is 13.2. The fraction of sp³-hybridized carbons (Fsp3) is 0.462. The molecule has 0 unspecified atom stereocenters. The topological polar surface area (TPSA) is 104 Å². The van der Waals surface area contributed by atoms with Crippen molar-refractivity contribution in [3.63, 3.8) is 0 Å². The largest absolute Gasteiger partial charge is 0.495 e. The highest BCUT2D eigenvalue weighted by Crippen LogP contribution is 2.48. The summed E-state index contributed by atoms with van der Waals surface area (Å²) in [6.07, 6.45) is 5.09. The molecular weight excluding hydrogens is 577 g/mol. The number of likely N-dealkylation sites (N-methyl/N-ethyl adjacent to an activating group) is 1. The highest BCUT2D eigenvalue weighted by Gasteiger charge is 2.34. The molecule has 1 amide bonds. The molecule has 0 aliphatic carbocycles. The van der Waals surface area contributed by atoms with E-state index in [0.29, 0.717) is 77.0 Å². The first kappa shape index (κ1) is 30.1. The molecule has 11 nitrogen and oxygen atoms in total. The van der Waals surface area contributed by atoms with Gasteiger partial charge in [0, 0.05) is 37.0 Å². The molecule has 1 fully saturated rings. The first-order chi connectivity index (χ1) is 19.2. The van der Waals surface area contributed by atoms with Crippen LogP contribution in [0.2, 0.25) is 10.0 Å². The predicted octanol–water partition coefficient (Wildman–Crippen LogP) is 3.35. The summed E-state index contributed by atoms with van der Waals surface area (Å²) in [4.78, 5) is 27.4. The summed E-state index contributed by atoms with van der Waals surface area (Å²) in [5.74, 6) is 1.74. The third-order valence-corrected chi connectivity index (χ3v) is 7.66. The van der Waals surface area contributed by atoms with Gasteiger partial charge < -0.3 is 39.5 Å². The van der Waals surface area contributed by atoms with Gasteiger partial charge in [-0.05, 0) is 33.2 Å². The molecule has 40 heavy (non-hydrogen) atoms. The molecule has 2 aliphatic rings. The van der Waals surface area contributed by atoms with Gasteiger partial charge in [0.15, 0.2) is 5.11 Å². The Morgan fingerprint density at radius 3 is 2.52 bits per heavy atom. The lowest BCUT2D eigenvalue weighted by Crippen LogP contribution is -2.48. The molecule has 14 heteroatoms. The van der Waals surface area contributed by atoms with Crippen molar-refractivity contribution >= 4 is 63.9 Å². The summed E-state index contributed by atoms with van der Waals surface area (Å²) < 4.78 is 16.5. The second-order valence-corrected chi connectivity index (χ2v) is 10.6. The van der Waals surface area contributed by atoms with Gasteiger partial charge in [-0.1, -0.05) is 29.3 Å². The number of nitrogens with zero attached hydrogens (tertiary/aromatic N) is 5. The Kier molecular flexibility index (Phi) is 9.90. The molecular formula is C26H33Cl2N7O4S. The SMILES string of the molecule is CCN1C(=S)N(c2c(Cl)c(OC)cc(OC)c2Cl)Cc2cnc(N[C@@H]3COC[C@@H]3NC(=O)/C=C/CN(C)C)nc21. The minimum absolute atomic E-state index is 0.176. The van der Waals surface area contributed by atoms with Gasteiger partial charge in [-0.3, -0.25) is 4.79 Å². The smallest absolute Gasteiger partial charge is 0.244 e. The number of rotatable bonds is 10. The van der Waals surface area contributed by atoms with E-state index in [1.54, 1.807) is 12.3 Å². The third-order valence-electron chi connectivity index (χ3n) is 6.49. The summed E-state index contributed by atoms with van der Waals surface area (Å²) in [7, 11) is 6.93. The van der Waals surface area contributed by atoms with E-state index in [1.807, 2.05) is 41.8 Å². The van der Waals surface area contributed by atoms with E-state index in [2.05, 4.69) is 15.6 Å². The molecule has 4 rings (SSSR count). The first-order valence-corrected chi connectivity index (χ1v) is 13.9. The van der Waals surface area contributed by atoms with Crippen molar-refractivity contribution in [2.75, 3.05) is 69.7 Å². The molecule has 0 spiro atoms. The van der Waals surface area contributed by atoms with Crippen LogP contribution in [-0.2, 0) is 16.1 Å². The van der Waals surface area contributed by atoms with E-state index in [-0.39, 0.29) is 18.0 Å². The molecule has 216 valence electrons. The normalized spacial score (nSPS) is 18.9. The quantitative estimate of drug-likeness (QED) is 0.306. The molecule has 2 N–H and O–H groups in total. The van der Waals surface area contributed by atoms with Gasteiger partial charge in [0.2, 0.25) is 11.9 Å². The van der Waals surface area contributed by atoms with Crippen LogP contribution < -0.4 is 29.9 Å². The van der Waals surface area contributed by atoms with Gasteiger partial charge in [-0.2, -0.15) is 4.98 Å². The van der Waals surface area contributed by atoms with Crippen molar-refractivity contribution in [3.8, 4) is 11.5 Å². The highest BCUT2D eigenvalue weighted by molar-refractivity contribution is 7.80. The Bertz CT molecular complexity index is 1270. The Morgan fingerprint density at radius 1 is 1.23 bits per heavy atom. The average Bonchev–Trinajstić information content (AvgIpc) is 3.35. The molecule has 2 aromatic rings. The third kappa shape index (κ3) is 6.36. The molecule has 2 atom stereocenters. The first-order valence-electron chi connectivity index (χ1n) is 12.7. The number of benzene rings is 1. The van der Waals surface area contributed by atoms with Crippen LogP contribution in [0.3, 0.4) is 0 Å². The molecule has 0 bridgehead atoms. The molecule has 2 aliphatic heterocycles. The highest BCUT2D eigenvalue weighted by atomic mass is 35.5. The summed E-state index contributed by atoms with van der Waals surface area (Å²) in [6, 6.07) is 1.20. The van der Waals surface area contributed by atoms with Crippen molar-refractivity contribution in [3.05, 3.63) is 40.0 Å². The maximum Gasteiger partial charge on any atom is 0.244 e. The standard InChI is InChI=1S/C26H33Cl2N7O4S/c1-6-34-24-15(12-35(26(34)40)23-21(27)18(37-4)10-19(38-5)22(23)28)11-29-25(32-24)31-17-14-39-13-16(17)30-20(36)8-7-9-33(2)3/h7-8,10-11,16-17H,6,9,12-14H2,1-5H3,(H,30,36)(H,29,31,32)/b8-7+/t16-,17+/m0/s1. The minimum atomic E-state index is -0.234. The van der Waals surface area contributed by atoms with Crippen molar-refractivity contribution in [2.24, 2.45) is 0 Å². The zero-order valence-electron chi connectivity index (χ0n) is 23.0.